The average molecular weight is 254 g/mol. The molecule has 2 N–H and O–H groups in total. The number of benzene rings is 2. The zero-order valence-corrected chi connectivity index (χ0v) is 11.9. The van der Waals surface area contributed by atoms with Crippen molar-refractivity contribution in [2.45, 2.75) is 26.4 Å². The van der Waals surface area contributed by atoms with Crippen LogP contribution < -0.4 is 5.73 Å². The van der Waals surface area contributed by atoms with Gasteiger partial charge in [0.25, 0.3) is 0 Å². The molecule has 0 radical (unpaired) electrons. The summed E-state index contributed by atoms with van der Waals surface area (Å²) in [5.74, 6) is 0. The van der Waals surface area contributed by atoms with Gasteiger partial charge in [-0.05, 0) is 43.7 Å². The molecule has 1 atom stereocenters. The fourth-order valence-electron chi connectivity index (χ4n) is 2.18. The fourth-order valence-corrected chi connectivity index (χ4v) is 2.18. The van der Waals surface area contributed by atoms with E-state index in [-0.39, 0.29) is 0 Å². The van der Waals surface area contributed by atoms with Crippen LogP contribution in [-0.2, 0) is 6.54 Å². The summed E-state index contributed by atoms with van der Waals surface area (Å²) in [7, 11) is 2.15. The molecule has 0 fully saturated rings. The van der Waals surface area contributed by atoms with Gasteiger partial charge in [-0.1, -0.05) is 42.5 Å². The average Bonchev–Trinajstić information content (AvgIpc) is 2.42. The van der Waals surface area contributed by atoms with Crippen LogP contribution in [0.4, 0.5) is 5.69 Å². The molecule has 0 unspecified atom stereocenters. The third-order valence-electron chi connectivity index (χ3n) is 3.72. The van der Waals surface area contributed by atoms with Crippen molar-refractivity contribution in [2.75, 3.05) is 12.8 Å². The van der Waals surface area contributed by atoms with Gasteiger partial charge in [-0.25, -0.2) is 0 Å². The van der Waals surface area contributed by atoms with Crippen molar-refractivity contribution in [1.29, 1.82) is 0 Å². The molecule has 2 heteroatoms. The SMILES string of the molecule is Cc1ccc([C@H](C)N(C)Cc2ccccc2)cc1N. The maximum atomic E-state index is 5.99. The van der Waals surface area contributed by atoms with Crippen LogP contribution in [0.1, 0.15) is 29.7 Å². The number of hydrogen-bond acceptors (Lipinski definition) is 2. The summed E-state index contributed by atoms with van der Waals surface area (Å²) in [5, 5.41) is 0. The van der Waals surface area contributed by atoms with Crippen LogP contribution >= 0.6 is 0 Å². The summed E-state index contributed by atoms with van der Waals surface area (Å²) >= 11 is 0. The van der Waals surface area contributed by atoms with E-state index in [2.05, 4.69) is 61.3 Å². The molecule has 2 rings (SSSR count). The molecule has 0 aliphatic rings. The molecule has 0 saturated heterocycles. The first-order chi connectivity index (χ1) is 9.08. The van der Waals surface area contributed by atoms with Crippen molar-refractivity contribution < 1.29 is 0 Å². The zero-order valence-electron chi connectivity index (χ0n) is 11.9. The monoisotopic (exact) mass is 254 g/mol. The van der Waals surface area contributed by atoms with Crippen LogP contribution in [-0.4, -0.2) is 11.9 Å². The maximum absolute atomic E-state index is 5.99. The molecule has 0 aromatic heterocycles. The number of hydrogen-bond donors (Lipinski definition) is 1. The summed E-state index contributed by atoms with van der Waals surface area (Å²) in [6.45, 7) is 5.19. The first-order valence-electron chi connectivity index (χ1n) is 6.68. The Kier molecular flexibility index (Phi) is 4.23. The Bertz CT molecular complexity index is 534. The lowest BCUT2D eigenvalue weighted by Crippen LogP contribution is -2.22. The Balaban J connectivity index is 2.10. The molecule has 0 spiro atoms. The van der Waals surface area contributed by atoms with Gasteiger partial charge in [-0.2, -0.15) is 0 Å². The lowest BCUT2D eigenvalue weighted by molar-refractivity contribution is 0.253. The van der Waals surface area contributed by atoms with E-state index in [0.29, 0.717) is 6.04 Å². The predicted molar refractivity (Wildman–Crippen MR) is 81.9 cm³/mol. The first-order valence-corrected chi connectivity index (χ1v) is 6.68. The molecule has 2 nitrogen and oxygen atoms in total. The predicted octanol–water partition coefficient (Wildman–Crippen LogP) is 3.77. The van der Waals surface area contributed by atoms with E-state index in [1.54, 1.807) is 0 Å². The molecule has 0 saturated carbocycles. The molecule has 0 aliphatic carbocycles. The van der Waals surface area contributed by atoms with E-state index in [4.69, 9.17) is 5.73 Å². The minimum atomic E-state index is 0.350. The summed E-state index contributed by atoms with van der Waals surface area (Å²) < 4.78 is 0. The largest absolute Gasteiger partial charge is 0.399 e. The smallest absolute Gasteiger partial charge is 0.0347 e. The van der Waals surface area contributed by atoms with E-state index in [1.165, 1.54) is 11.1 Å². The molecule has 2 aromatic rings. The minimum absolute atomic E-state index is 0.350. The van der Waals surface area contributed by atoms with E-state index in [9.17, 15) is 0 Å². The minimum Gasteiger partial charge on any atom is -0.399 e. The third-order valence-corrected chi connectivity index (χ3v) is 3.72. The third kappa shape index (κ3) is 3.36. The Morgan fingerprint density at radius 3 is 2.42 bits per heavy atom. The van der Waals surface area contributed by atoms with E-state index < -0.39 is 0 Å². The Morgan fingerprint density at radius 2 is 1.79 bits per heavy atom. The number of rotatable bonds is 4. The normalized spacial score (nSPS) is 12.6. The first kappa shape index (κ1) is 13.6. The number of nitrogens with two attached hydrogens (primary N) is 1. The van der Waals surface area contributed by atoms with E-state index >= 15 is 0 Å². The van der Waals surface area contributed by atoms with Crippen molar-refractivity contribution >= 4 is 5.69 Å². The van der Waals surface area contributed by atoms with Crippen LogP contribution in [0.15, 0.2) is 48.5 Å². The quantitative estimate of drug-likeness (QED) is 0.842. The van der Waals surface area contributed by atoms with Crippen LogP contribution in [0.5, 0.6) is 0 Å². The Morgan fingerprint density at radius 1 is 1.11 bits per heavy atom. The van der Waals surface area contributed by atoms with Gasteiger partial charge in [-0.15, -0.1) is 0 Å². The maximum Gasteiger partial charge on any atom is 0.0347 e. The molecule has 0 bridgehead atoms. The summed E-state index contributed by atoms with van der Waals surface area (Å²) in [4.78, 5) is 2.33. The van der Waals surface area contributed by atoms with Crippen LogP contribution in [0.25, 0.3) is 0 Å². The van der Waals surface area contributed by atoms with Gasteiger partial charge in [0.2, 0.25) is 0 Å². The van der Waals surface area contributed by atoms with E-state index in [0.717, 1.165) is 17.8 Å². The Hall–Kier alpha value is -1.80. The number of anilines is 1. The van der Waals surface area contributed by atoms with Crippen LogP contribution in [0, 0.1) is 6.92 Å². The van der Waals surface area contributed by atoms with Crippen molar-refractivity contribution in [3.8, 4) is 0 Å². The van der Waals surface area contributed by atoms with Gasteiger partial charge < -0.3 is 5.73 Å². The summed E-state index contributed by atoms with van der Waals surface area (Å²) in [6.07, 6.45) is 0. The second-order valence-electron chi connectivity index (χ2n) is 5.19. The highest BCUT2D eigenvalue weighted by molar-refractivity contribution is 5.48. The fraction of sp³-hybridized carbons (Fsp3) is 0.294. The molecular formula is C17H22N2. The number of nitrogen functional groups attached to an aromatic ring is 1. The van der Waals surface area contributed by atoms with Gasteiger partial charge in [0.05, 0.1) is 0 Å². The van der Waals surface area contributed by atoms with Gasteiger partial charge in [0, 0.05) is 18.3 Å². The summed E-state index contributed by atoms with van der Waals surface area (Å²) in [5.41, 5.74) is 10.6. The van der Waals surface area contributed by atoms with Crippen LogP contribution in [0.3, 0.4) is 0 Å². The lowest BCUT2D eigenvalue weighted by Gasteiger charge is -2.25. The zero-order chi connectivity index (χ0) is 13.8. The summed E-state index contributed by atoms with van der Waals surface area (Å²) in [6, 6.07) is 17.2. The molecular weight excluding hydrogens is 232 g/mol. The van der Waals surface area contributed by atoms with Crippen LogP contribution in [0.2, 0.25) is 0 Å². The highest BCUT2D eigenvalue weighted by Gasteiger charge is 2.12. The molecule has 19 heavy (non-hydrogen) atoms. The van der Waals surface area contributed by atoms with Gasteiger partial charge in [0.1, 0.15) is 0 Å². The Labute approximate surface area is 115 Å². The highest BCUT2D eigenvalue weighted by Crippen LogP contribution is 2.24. The number of aryl methyl sites for hydroxylation is 1. The second kappa shape index (κ2) is 5.89. The van der Waals surface area contributed by atoms with Crippen molar-refractivity contribution in [2.24, 2.45) is 0 Å². The topological polar surface area (TPSA) is 29.3 Å². The molecule has 2 aromatic carbocycles. The molecule has 0 amide bonds. The van der Waals surface area contributed by atoms with Crippen molar-refractivity contribution in [3.63, 3.8) is 0 Å². The number of nitrogens with zero attached hydrogens (tertiary/aromatic N) is 1. The standard InChI is InChI=1S/C17H22N2/c1-13-9-10-16(11-17(13)18)14(2)19(3)12-15-7-5-4-6-8-15/h4-11,14H,12,18H2,1-3H3/t14-/m0/s1. The van der Waals surface area contributed by atoms with Crippen molar-refractivity contribution in [3.05, 3.63) is 65.2 Å². The van der Waals surface area contributed by atoms with Gasteiger partial charge >= 0.3 is 0 Å². The van der Waals surface area contributed by atoms with Gasteiger partial charge in [-0.3, -0.25) is 4.90 Å². The molecule has 100 valence electrons. The van der Waals surface area contributed by atoms with Crippen molar-refractivity contribution in [1.82, 2.24) is 4.90 Å². The van der Waals surface area contributed by atoms with E-state index in [1.807, 2.05) is 13.0 Å². The molecule has 0 aliphatic heterocycles. The second-order valence-corrected chi connectivity index (χ2v) is 5.19. The van der Waals surface area contributed by atoms with Gasteiger partial charge in [0.15, 0.2) is 0 Å². The highest BCUT2D eigenvalue weighted by atomic mass is 15.1. The molecule has 0 heterocycles. The lowest BCUT2D eigenvalue weighted by atomic mass is 10.0.